The van der Waals surface area contributed by atoms with Gasteiger partial charge in [0.15, 0.2) is 0 Å². The minimum Gasteiger partial charge on any atom is -0.347 e. The number of carbonyl (C=O) groups is 1. The van der Waals surface area contributed by atoms with Crippen LogP contribution in [0.2, 0.25) is 0 Å². The van der Waals surface area contributed by atoms with Crippen molar-refractivity contribution in [1.82, 2.24) is 15.6 Å². The van der Waals surface area contributed by atoms with E-state index in [-0.39, 0.29) is 11.9 Å². The first-order chi connectivity index (χ1) is 8.15. The number of amides is 1. The van der Waals surface area contributed by atoms with Crippen molar-refractivity contribution in [2.75, 3.05) is 13.1 Å². The molecule has 17 heavy (non-hydrogen) atoms. The summed E-state index contributed by atoms with van der Waals surface area (Å²) in [6, 6.07) is 0.262. The summed E-state index contributed by atoms with van der Waals surface area (Å²) < 4.78 is 0. The van der Waals surface area contributed by atoms with Crippen LogP contribution >= 0.6 is 11.3 Å². The van der Waals surface area contributed by atoms with Crippen molar-refractivity contribution in [3.63, 3.8) is 0 Å². The molecule has 2 rings (SSSR count). The van der Waals surface area contributed by atoms with Crippen LogP contribution in [0.25, 0.3) is 0 Å². The van der Waals surface area contributed by atoms with Gasteiger partial charge in [-0.05, 0) is 18.9 Å². The Balaban J connectivity index is 1.92. The van der Waals surface area contributed by atoms with E-state index in [1.807, 2.05) is 5.38 Å². The van der Waals surface area contributed by atoms with E-state index in [1.54, 1.807) is 11.3 Å². The van der Waals surface area contributed by atoms with Crippen molar-refractivity contribution in [1.29, 1.82) is 0 Å². The van der Waals surface area contributed by atoms with Crippen LogP contribution in [0, 0.1) is 5.92 Å². The first kappa shape index (κ1) is 12.5. The number of carbonyl (C=O) groups excluding carboxylic acids is 1. The van der Waals surface area contributed by atoms with Gasteiger partial charge in [-0.1, -0.05) is 13.8 Å². The number of nitrogens with one attached hydrogen (secondary N) is 2. The summed E-state index contributed by atoms with van der Waals surface area (Å²) in [6.07, 6.45) is 1.96. The van der Waals surface area contributed by atoms with Gasteiger partial charge in [0.25, 0.3) is 5.91 Å². The minimum absolute atomic E-state index is 0.0371. The highest BCUT2D eigenvalue weighted by Gasteiger charge is 2.19. The summed E-state index contributed by atoms with van der Waals surface area (Å²) in [5.41, 5.74) is 0.567. The molecule has 0 radical (unpaired) electrons. The van der Waals surface area contributed by atoms with Gasteiger partial charge < -0.3 is 10.6 Å². The van der Waals surface area contributed by atoms with E-state index >= 15 is 0 Å². The third-order valence-corrected chi connectivity index (χ3v) is 3.63. The maximum absolute atomic E-state index is 11.9. The van der Waals surface area contributed by atoms with Crippen LogP contribution in [0.5, 0.6) is 0 Å². The van der Waals surface area contributed by atoms with E-state index in [1.165, 1.54) is 0 Å². The van der Waals surface area contributed by atoms with Gasteiger partial charge >= 0.3 is 0 Å². The lowest BCUT2D eigenvalue weighted by atomic mass is 10.1. The summed E-state index contributed by atoms with van der Waals surface area (Å²) in [5.74, 6) is 0.543. The molecule has 2 heterocycles. The van der Waals surface area contributed by atoms with Gasteiger partial charge in [-0.2, -0.15) is 0 Å². The number of rotatable bonds is 4. The normalized spacial score (nSPS) is 19.8. The molecule has 1 aliphatic rings. The summed E-state index contributed by atoms with van der Waals surface area (Å²) in [4.78, 5) is 16.3. The molecule has 1 aromatic heterocycles. The highest BCUT2D eigenvalue weighted by Crippen LogP contribution is 2.14. The fourth-order valence-corrected chi connectivity index (χ4v) is 2.88. The van der Waals surface area contributed by atoms with Crippen LogP contribution in [-0.2, 0) is 6.42 Å². The van der Waals surface area contributed by atoms with Gasteiger partial charge in [0.2, 0.25) is 0 Å². The first-order valence-electron chi connectivity index (χ1n) is 6.11. The van der Waals surface area contributed by atoms with Crippen molar-refractivity contribution in [2.45, 2.75) is 32.7 Å². The van der Waals surface area contributed by atoms with Crippen LogP contribution in [0.15, 0.2) is 5.38 Å². The van der Waals surface area contributed by atoms with Crippen molar-refractivity contribution < 1.29 is 4.79 Å². The average Bonchev–Trinajstić information content (AvgIpc) is 2.87. The molecule has 2 N–H and O–H groups in total. The van der Waals surface area contributed by atoms with E-state index in [0.29, 0.717) is 11.6 Å². The molecule has 0 aromatic carbocycles. The fraction of sp³-hybridized carbons (Fsp3) is 0.667. The molecule has 1 atom stereocenters. The second-order valence-electron chi connectivity index (χ2n) is 4.89. The number of hydrogen-bond donors (Lipinski definition) is 2. The molecule has 0 saturated carbocycles. The van der Waals surface area contributed by atoms with Crippen molar-refractivity contribution in [2.24, 2.45) is 5.92 Å². The molecule has 0 bridgehead atoms. The van der Waals surface area contributed by atoms with Crippen LogP contribution < -0.4 is 10.6 Å². The Kier molecular flexibility index (Phi) is 4.12. The zero-order valence-corrected chi connectivity index (χ0v) is 11.1. The molecule has 4 nitrogen and oxygen atoms in total. The van der Waals surface area contributed by atoms with Crippen LogP contribution in [-0.4, -0.2) is 30.0 Å². The molecular formula is C12H19N3OS. The third kappa shape index (κ3) is 3.51. The molecule has 94 valence electrons. The molecule has 1 unspecified atom stereocenters. The quantitative estimate of drug-likeness (QED) is 0.853. The summed E-state index contributed by atoms with van der Waals surface area (Å²) in [7, 11) is 0. The smallest absolute Gasteiger partial charge is 0.271 e. The van der Waals surface area contributed by atoms with Gasteiger partial charge in [-0.3, -0.25) is 4.79 Å². The molecule has 5 heteroatoms. The third-order valence-electron chi connectivity index (χ3n) is 2.76. The molecule has 1 saturated heterocycles. The molecule has 0 spiro atoms. The highest BCUT2D eigenvalue weighted by atomic mass is 32.1. The Hall–Kier alpha value is -0.940. The summed E-state index contributed by atoms with van der Waals surface area (Å²) in [5, 5.41) is 9.14. The molecule has 1 amide bonds. The van der Waals surface area contributed by atoms with Gasteiger partial charge in [0, 0.05) is 24.4 Å². The number of thiazole rings is 1. The van der Waals surface area contributed by atoms with Gasteiger partial charge in [-0.25, -0.2) is 4.98 Å². The summed E-state index contributed by atoms with van der Waals surface area (Å²) >= 11 is 1.58. The van der Waals surface area contributed by atoms with E-state index < -0.39 is 0 Å². The second kappa shape index (κ2) is 5.60. The van der Waals surface area contributed by atoms with Gasteiger partial charge in [0.05, 0.1) is 5.01 Å². The number of aromatic nitrogens is 1. The lowest BCUT2D eigenvalue weighted by Gasteiger charge is -2.09. The molecule has 1 fully saturated rings. The first-order valence-corrected chi connectivity index (χ1v) is 6.99. The standard InChI is InChI=1S/C12H19N3OS/c1-8(2)5-11-15-10(7-17-11)12(16)14-9-3-4-13-6-9/h7-9,13H,3-6H2,1-2H3,(H,14,16). The lowest BCUT2D eigenvalue weighted by Crippen LogP contribution is -2.36. The minimum atomic E-state index is -0.0371. The molecular weight excluding hydrogens is 234 g/mol. The Morgan fingerprint density at radius 1 is 1.71 bits per heavy atom. The SMILES string of the molecule is CC(C)Cc1nc(C(=O)NC2CCNC2)cs1. The van der Waals surface area contributed by atoms with Crippen LogP contribution in [0.4, 0.5) is 0 Å². The lowest BCUT2D eigenvalue weighted by molar-refractivity contribution is 0.0935. The van der Waals surface area contributed by atoms with E-state index in [2.05, 4.69) is 29.5 Å². The maximum Gasteiger partial charge on any atom is 0.271 e. The Bertz CT molecular complexity index is 383. The fourth-order valence-electron chi connectivity index (χ4n) is 1.90. The maximum atomic E-state index is 11.9. The van der Waals surface area contributed by atoms with Crippen molar-refractivity contribution in [3.8, 4) is 0 Å². The van der Waals surface area contributed by atoms with E-state index in [9.17, 15) is 4.79 Å². The molecule has 1 aromatic rings. The predicted octanol–water partition coefficient (Wildman–Crippen LogP) is 1.43. The Morgan fingerprint density at radius 2 is 2.53 bits per heavy atom. The van der Waals surface area contributed by atoms with Crippen LogP contribution in [0.1, 0.15) is 35.8 Å². The number of hydrogen-bond acceptors (Lipinski definition) is 4. The molecule has 0 aliphatic carbocycles. The highest BCUT2D eigenvalue weighted by molar-refractivity contribution is 7.09. The predicted molar refractivity (Wildman–Crippen MR) is 69.4 cm³/mol. The topological polar surface area (TPSA) is 54.0 Å². The molecule has 1 aliphatic heterocycles. The zero-order valence-electron chi connectivity index (χ0n) is 10.3. The van der Waals surface area contributed by atoms with Crippen LogP contribution in [0.3, 0.4) is 0 Å². The summed E-state index contributed by atoms with van der Waals surface area (Å²) in [6.45, 7) is 6.17. The van der Waals surface area contributed by atoms with Crippen molar-refractivity contribution in [3.05, 3.63) is 16.1 Å². The Labute approximate surface area is 106 Å². The van der Waals surface area contributed by atoms with E-state index in [4.69, 9.17) is 0 Å². The van der Waals surface area contributed by atoms with Gasteiger partial charge in [-0.15, -0.1) is 11.3 Å². The average molecular weight is 253 g/mol. The zero-order chi connectivity index (χ0) is 12.3. The number of nitrogens with zero attached hydrogens (tertiary/aromatic N) is 1. The largest absolute Gasteiger partial charge is 0.347 e. The monoisotopic (exact) mass is 253 g/mol. The van der Waals surface area contributed by atoms with Gasteiger partial charge in [0.1, 0.15) is 5.69 Å². The van der Waals surface area contributed by atoms with Crippen molar-refractivity contribution >= 4 is 17.2 Å². The van der Waals surface area contributed by atoms with E-state index in [0.717, 1.165) is 30.9 Å². The second-order valence-corrected chi connectivity index (χ2v) is 5.83. The Morgan fingerprint density at radius 3 is 3.18 bits per heavy atom.